The number of hydrogen-bond donors (Lipinski definition) is 0. The predicted octanol–water partition coefficient (Wildman–Crippen LogP) is 3.38. The van der Waals surface area contributed by atoms with Gasteiger partial charge in [0.1, 0.15) is 11.9 Å². The molecule has 1 aliphatic rings. The van der Waals surface area contributed by atoms with Gasteiger partial charge in [-0.1, -0.05) is 6.07 Å². The third kappa shape index (κ3) is 3.70. The first-order valence-corrected chi connectivity index (χ1v) is 8.06. The van der Waals surface area contributed by atoms with Crippen LogP contribution in [0.15, 0.2) is 42.7 Å². The van der Waals surface area contributed by atoms with Crippen LogP contribution in [-0.4, -0.2) is 35.0 Å². The summed E-state index contributed by atoms with van der Waals surface area (Å²) >= 11 is 0. The molecule has 1 amide bonds. The molecule has 0 spiro atoms. The van der Waals surface area contributed by atoms with Gasteiger partial charge in [-0.15, -0.1) is 0 Å². The third-order valence-electron chi connectivity index (χ3n) is 4.37. The molecular weight excluding hydrogens is 288 g/mol. The van der Waals surface area contributed by atoms with Gasteiger partial charge in [-0.25, -0.2) is 0 Å². The topological polar surface area (TPSA) is 42.4 Å². The van der Waals surface area contributed by atoms with Crippen molar-refractivity contribution in [1.29, 1.82) is 0 Å². The monoisotopic (exact) mass is 310 g/mol. The van der Waals surface area contributed by atoms with Crippen LogP contribution in [0.25, 0.3) is 0 Å². The number of rotatable bonds is 3. The Hall–Kier alpha value is -2.36. The summed E-state index contributed by atoms with van der Waals surface area (Å²) < 4.78 is 5.98. The molecule has 120 valence electrons. The Bertz CT molecular complexity index is 685. The molecule has 2 heterocycles. The lowest BCUT2D eigenvalue weighted by Crippen LogP contribution is -2.44. The Labute approximate surface area is 137 Å². The van der Waals surface area contributed by atoms with Crippen molar-refractivity contribution < 1.29 is 9.53 Å². The van der Waals surface area contributed by atoms with Crippen molar-refractivity contribution in [1.82, 2.24) is 9.88 Å². The molecule has 1 aliphatic heterocycles. The molecule has 4 nitrogen and oxygen atoms in total. The number of pyridine rings is 1. The van der Waals surface area contributed by atoms with Crippen LogP contribution in [0.2, 0.25) is 0 Å². The molecule has 2 aromatic rings. The number of piperidine rings is 1. The SMILES string of the molecule is Cc1ccc(C(=O)N2CCCC(Oc3ccncc3)C2)cc1C. The molecule has 0 saturated carbocycles. The Kier molecular flexibility index (Phi) is 4.60. The maximum absolute atomic E-state index is 12.7. The van der Waals surface area contributed by atoms with E-state index in [1.807, 2.05) is 42.2 Å². The number of ether oxygens (including phenoxy) is 1. The van der Waals surface area contributed by atoms with Crippen molar-refractivity contribution in [3.63, 3.8) is 0 Å². The maximum Gasteiger partial charge on any atom is 0.253 e. The summed E-state index contributed by atoms with van der Waals surface area (Å²) in [5.74, 6) is 0.904. The molecule has 23 heavy (non-hydrogen) atoms. The molecule has 0 aliphatic carbocycles. The van der Waals surface area contributed by atoms with E-state index in [0.717, 1.165) is 36.3 Å². The highest BCUT2D eigenvalue weighted by Crippen LogP contribution is 2.20. The second-order valence-corrected chi connectivity index (χ2v) is 6.12. The first kappa shape index (κ1) is 15.5. The molecule has 1 fully saturated rings. The van der Waals surface area contributed by atoms with Gasteiger partial charge in [-0.2, -0.15) is 0 Å². The Morgan fingerprint density at radius 1 is 1.17 bits per heavy atom. The van der Waals surface area contributed by atoms with Gasteiger partial charge in [0.25, 0.3) is 5.91 Å². The van der Waals surface area contributed by atoms with E-state index in [9.17, 15) is 4.79 Å². The van der Waals surface area contributed by atoms with Gasteiger partial charge in [0.05, 0.1) is 6.54 Å². The normalized spacial score (nSPS) is 17.8. The van der Waals surface area contributed by atoms with E-state index in [1.54, 1.807) is 12.4 Å². The van der Waals surface area contributed by atoms with E-state index in [2.05, 4.69) is 11.9 Å². The van der Waals surface area contributed by atoms with E-state index in [1.165, 1.54) is 5.56 Å². The van der Waals surface area contributed by atoms with Crippen molar-refractivity contribution in [2.75, 3.05) is 13.1 Å². The summed E-state index contributed by atoms with van der Waals surface area (Å²) in [7, 11) is 0. The fourth-order valence-corrected chi connectivity index (χ4v) is 2.89. The Morgan fingerprint density at radius 2 is 1.96 bits per heavy atom. The summed E-state index contributed by atoms with van der Waals surface area (Å²) in [6, 6.07) is 9.61. The van der Waals surface area contributed by atoms with Gasteiger partial charge in [-0.05, 0) is 62.1 Å². The minimum Gasteiger partial charge on any atom is -0.488 e. The molecule has 3 rings (SSSR count). The number of hydrogen-bond acceptors (Lipinski definition) is 3. The molecule has 1 aromatic carbocycles. The first-order chi connectivity index (χ1) is 11.1. The van der Waals surface area contributed by atoms with Gasteiger partial charge in [0.2, 0.25) is 0 Å². The van der Waals surface area contributed by atoms with Crippen LogP contribution in [0.4, 0.5) is 0 Å². The molecule has 0 N–H and O–H groups in total. The number of likely N-dealkylation sites (tertiary alicyclic amines) is 1. The van der Waals surface area contributed by atoms with Crippen molar-refractivity contribution >= 4 is 5.91 Å². The highest BCUT2D eigenvalue weighted by Gasteiger charge is 2.25. The van der Waals surface area contributed by atoms with Crippen molar-refractivity contribution in [3.05, 3.63) is 59.4 Å². The summed E-state index contributed by atoms with van der Waals surface area (Å²) in [6.07, 6.45) is 5.42. The number of nitrogens with zero attached hydrogens (tertiary/aromatic N) is 2. The first-order valence-electron chi connectivity index (χ1n) is 8.06. The average molecular weight is 310 g/mol. The lowest BCUT2D eigenvalue weighted by molar-refractivity contribution is 0.0537. The molecular formula is C19H22N2O2. The molecule has 0 radical (unpaired) electrons. The van der Waals surface area contributed by atoms with E-state index >= 15 is 0 Å². The summed E-state index contributed by atoms with van der Waals surface area (Å²) in [6.45, 7) is 5.52. The van der Waals surface area contributed by atoms with Crippen LogP contribution in [0, 0.1) is 13.8 Å². The highest BCUT2D eigenvalue weighted by molar-refractivity contribution is 5.94. The van der Waals surface area contributed by atoms with Crippen LogP contribution in [0.1, 0.15) is 34.3 Å². The zero-order valence-electron chi connectivity index (χ0n) is 13.7. The summed E-state index contributed by atoms with van der Waals surface area (Å²) in [4.78, 5) is 18.6. The van der Waals surface area contributed by atoms with E-state index in [4.69, 9.17) is 4.74 Å². The van der Waals surface area contributed by atoms with Crippen LogP contribution in [0.5, 0.6) is 5.75 Å². The second kappa shape index (κ2) is 6.82. The second-order valence-electron chi connectivity index (χ2n) is 6.12. The van der Waals surface area contributed by atoms with Crippen LogP contribution in [0.3, 0.4) is 0 Å². The van der Waals surface area contributed by atoms with Crippen molar-refractivity contribution in [2.45, 2.75) is 32.8 Å². The molecule has 1 atom stereocenters. The van der Waals surface area contributed by atoms with Crippen LogP contribution in [-0.2, 0) is 0 Å². The third-order valence-corrected chi connectivity index (χ3v) is 4.37. The number of benzene rings is 1. The van der Waals surface area contributed by atoms with E-state index < -0.39 is 0 Å². The summed E-state index contributed by atoms with van der Waals surface area (Å²) in [5.41, 5.74) is 3.12. The molecule has 4 heteroatoms. The molecule has 0 bridgehead atoms. The standard InChI is InChI=1S/C19H22N2O2/c1-14-5-6-16(12-15(14)2)19(22)21-11-3-4-18(13-21)23-17-7-9-20-10-8-17/h5-10,12,18H,3-4,11,13H2,1-2H3. The number of carbonyl (C=O) groups is 1. The number of aryl methyl sites for hydroxylation is 2. The van der Waals surface area contributed by atoms with Crippen molar-refractivity contribution in [2.24, 2.45) is 0 Å². The van der Waals surface area contributed by atoms with Gasteiger partial charge in [-0.3, -0.25) is 9.78 Å². The van der Waals surface area contributed by atoms with E-state index in [0.29, 0.717) is 6.54 Å². The minimum absolute atomic E-state index is 0.0432. The highest BCUT2D eigenvalue weighted by atomic mass is 16.5. The van der Waals surface area contributed by atoms with E-state index in [-0.39, 0.29) is 12.0 Å². The Balaban J connectivity index is 1.68. The zero-order valence-corrected chi connectivity index (χ0v) is 13.7. The lowest BCUT2D eigenvalue weighted by Gasteiger charge is -2.33. The molecule has 1 aromatic heterocycles. The van der Waals surface area contributed by atoms with Crippen LogP contribution < -0.4 is 4.74 Å². The average Bonchev–Trinajstić information content (AvgIpc) is 2.58. The number of amides is 1. The van der Waals surface area contributed by atoms with Crippen LogP contribution >= 0.6 is 0 Å². The summed E-state index contributed by atoms with van der Waals surface area (Å²) in [5, 5.41) is 0. The number of carbonyl (C=O) groups excluding carboxylic acids is 1. The smallest absolute Gasteiger partial charge is 0.253 e. The quantitative estimate of drug-likeness (QED) is 0.873. The zero-order chi connectivity index (χ0) is 16.2. The van der Waals surface area contributed by atoms with Crippen molar-refractivity contribution in [3.8, 4) is 5.75 Å². The fraction of sp³-hybridized carbons (Fsp3) is 0.368. The molecule has 1 saturated heterocycles. The lowest BCUT2D eigenvalue weighted by atomic mass is 10.0. The van der Waals surface area contributed by atoms with Gasteiger partial charge >= 0.3 is 0 Å². The predicted molar refractivity (Wildman–Crippen MR) is 89.7 cm³/mol. The number of aromatic nitrogens is 1. The van der Waals surface area contributed by atoms with Gasteiger partial charge < -0.3 is 9.64 Å². The Morgan fingerprint density at radius 3 is 2.70 bits per heavy atom. The largest absolute Gasteiger partial charge is 0.488 e. The minimum atomic E-state index is 0.0432. The fourth-order valence-electron chi connectivity index (χ4n) is 2.89. The molecule has 1 unspecified atom stereocenters. The maximum atomic E-state index is 12.7. The van der Waals surface area contributed by atoms with Gasteiger partial charge in [0.15, 0.2) is 0 Å². The van der Waals surface area contributed by atoms with Gasteiger partial charge in [0, 0.05) is 24.5 Å².